The van der Waals surface area contributed by atoms with Crippen molar-refractivity contribution in [1.82, 2.24) is 14.2 Å². The van der Waals surface area contributed by atoms with Crippen LogP contribution in [0.2, 0.25) is 5.02 Å². The first-order valence-corrected chi connectivity index (χ1v) is 11.7. The van der Waals surface area contributed by atoms with Gasteiger partial charge in [-0.2, -0.15) is 4.31 Å². The fourth-order valence-electron chi connectivity index (χ4n) is 3.64. The van der Waals surface area contributed by atoms with Gasteiger partial charge in [0, 0.05) is 43.3 Å². The van der Waals surface area contributed by atoms with Crippen LogP contribution in [0.15, 0.2) is 57.8 Å². The van der Waals surface area contributed by atoms with Gasteiger partial charge in [0.2, 0.25) is 15.9 Å². The van der Waals surface area contributed by atoms with E-state index in [4.69, 9.17) is 16.0 Å². The van der Waals surface area contributed by atoms with Crippen molar-refractivity contribution < 1.29 is 12.8 Å². The molecule has 1 aliphatic heterocycles. The Morgan fingerprint density at radius 3 is 2.47 bits per heavy atom. The predicted molar refractivity (Wildman–Crippen MR) is 117 cm³/mol. The fourth-order valence-corrected chi connectivity index (χ4v) is 5.48. The van der Waals surface area contributed by atoms with E-state index in [1.54, 1.807) is 16.4 Å². The predicted octanol–water partition coefficient (Wildman–Crippen LogP) is 4.12. The number of piperazine rings is 1. The summed E-state index contributed by atoms with van der Waals surface area (Å²) in [5.74, 6) is 1.31. The Morgan fingerprint density at radius 2 is 1.77 bits per heavy atom. The van der Waals surface area contributed by atoms with Crippen LogP contribution in [0, 0.1) is 13.8 Å². The van der Waals surface area contributed by atoms with Crippen LogP contribution >= 0.6 is 11.6 Å². The summed E-state index contributed by atoms with van der Waals surface area (Å²) in [6.45, 7) is 6.54. The molecule has 0 bridgehead atoms. The molecular weight excluding hydrogens is 422 g/mol. The van der Waals surface area contributed by atoms with Gasteiger partial charge < -0.3 is 4.42 Å². The molecule has 1 aromatic heterocycles. The molecule has 0 saturated carbocycles. The third kappa shape index (κ3) is 4.30. The van der Waals surface area contributed by atoms with Crippen LogP contribution in [-0.2, 0) is 16.6 Å². The minimum atomic E-state index is -3.47. The molecule has 30 heavy (non-hydrogen) atoms. The zero-order chi connectivity index (χ0) is 21.3. The van der Waals surface area contributed by atoms with Gasteiger partial charge in [-0.25, -0.2) is 13.4 Å². The number of hydrogen-bond donors (Lipinski definition) is 0. The number of nitrogens with zero attached hydrogens (tertiary/aromatic N) is 3. The van der Waals surface area contributed by atoms with E-state index in [1.807, 2.05) is 50.2 Å². The first-order valence-electron chi connectivity index (χ1n) is 9.85. The number of halogens is 1. The minimum Gasteiger partial charge on any atom is -0.441 e. The highest BCUT2D eigenvalue weighted by Crippen LogP contribution is 2.26. The summed E-state index contributed by atoms with van der Waals surface area (Å²) in [6.07, 6.45) is 0. The number of rotatable bonds is 5. The smallest absolute Gasteiger partial charge is 0.243 e. The van der Waals surface area contributed by atoms with Gasteiger partial charge in [-0.1, -0.05) is 35.9 Å². The van der Waals surface area contributed by atoms with Gasteiger partial charge in [0.1, 0.15) is 5.76 Å². The van der Waals surface area contributed by atoms with Crippen molar-refractivity contribution in [2.45, 2.75) is 25.3 Å². The Kier molecular flexibility index (Phi) is 5.97. The summed E-state index contributed by atoms with van der Waals surface area (Å²) in [4.78, 5) is 7.23. The summed E-state index contributed by atoms with van der Waals surface area (Å²) in [5, 5.41) is 0.635. The molecule has 2 aromatic carbocycles. The molecule has 1 fully saturated rings. The van der Waals surface area contributed by atoms with Crippen molar-refractivity contribution in [2.24, 2.45) is 0 Å². The molecule has 0 N–H and O–H groups in total. The Morgan fingerprint density at radius 1 is 1.03 bits per heavy atom. The van der Waals surface area contributed by atoms with Crippen molar-refractivity contribution in [2.75, 3.05) is 26.2 Å². The summed E-state index contributed by atoms with van der Waals surface area (Å²) >= 11 is 6.07. The highest BCUT2D eigenvalue weighted by atomic mass is 35.5. The Labute approximate surface area is 182 Å². The van der Waals surface area contributed by atoms with E-state index in [-0.39, 0.29) is 0 Å². The first-order chi connectivity index (χ1) is 14.3. The summed E-state index contributed by atoms with van der Waals surface area (Å²) in [5.41, 5.74) is 2.47. The highest BCUT2D eigenvalue weighted by Gasteiger charge is 2.30. The van der Waals surface area contributed by atoms with Gasteiger partial charge >= 0.3 is 0 Å². The molecule has 1 aliphatic rings. The second kappa shape index (κ2) is 8.51. The lowest BCUT2D eigenvalue weighted by atomic mass is 10.2. The number of hydrogen-bond acceptors (Lipinski definition) is 5. The molecule has 158 valence electrons. The van der Waals surface area contributed by atoms with Crippen molar-refractivity contribution in [3.8, 4) is 11.5 Å². The number of aromatic nitrogens is 1. The van der Waals surface area contributed by atoms with Crippen molar-refractivity contribution in [3.05, 3.63) is 70.6 Å². The zero-order valence-corrected chi connectivity index (χ0v) is 18.6. The minimum absolute atomic E-state index is 0.386. The highest BCUT2D eigenvalue weighted by molar-refractivity contribution is 7.89. The van der Waals surface area contributed by atoms with Crippen LogP contribution in [0.3, 0.4) is 0 Å². The van der Waals surface area contributed by atoms with E-state index in [2.05, 4.69) is 9.88 Å². The Bertz CT molecular complexity index is 1150. The number of sulfonamides is 1. The molecule has 0 unspecified atom stereocenters. The standard InChI is InChI=1S/C22H24ClN3O3S/c1-16-6-3-4-9-21(16)30(27,28)26-12-10-25(11-13-26)15-20-17(2)29-22(24-20)18-7-5-8-19(23)14-18/h3-9,14H,10-13,15H2,1-2H3. The van der Waals surface area contributed by atoms with Crippen molar-refractivity contribution in [1.29, 1.82) is 0 Å². The first kappa shape index (κ1) is 21.1. The van der Waals surface area contributed by atoms with Crippen LogP contribution < -0.4 is 0 Å². The van der Waals surface area contributed by atoms with Crippen LogP contribution in [0.25, 0.3) is 11.5 Å². The van der Waals surface area contributed by atoms with Crippen LogP contribution in [0.4, 0.5) is 0 Å². The maximum Gasteiger partial charge on any atom is 0.243 e. The maximum absolute atomic E-state index is 13.0. The number of benzene rings is 2. The lowest BCUT2D eigenvalue weighted by Gasteiger charge is -2.33. The molecule has 0 spiro atoms. The molecule has 0 radical (unpaired) electrons. The zero-order valence-electron chi connectivity index (χ0n) is 17.0. The molecule has 8 heteroatoms. The van der Waals surface area contributed by atoms with E-state index in [1.165, 1.54) is 0 Å². The molecule has 0 aliphatic carbocycles. The summed E-state index contributed by atoms with van der Waals surface area (Å²) in [6, 6.07) is 14.5. The van der Waals surface area contributed by atoms with Crippen LogP contribution in [0.1, 0.15) is 17.0 Å². The van der Waals surface area contributed by atoms with E-state index in [0.29, 0.717) is 48.5 Å². The quantitative estimate of drug-likeness (QED) is 0.591. The second-order valence-corrected chi connectivity index (χ2v) is 9.82. The molecule has 0 amide bonds. The van der Waals surface area contributed by atoms with Gasteiger partial charge in [0.25, 0.3) is 0 Å². The lowest BCUT2D eigenvalue weighted by Crippen LogP contribution is -2.48. The SMILES string of the molecule is Cc1ccccc1S(=O)(=O)N1CCN(Cc2nc(-c3cccc(Cl)c3)oc2C)CC1. The maximum atomic E-state index is 13.0. The molecule has 6 nitrogen and oxygen atoms in total. The van der Waals surface area contributed by atoms with Crippen LogP contribution in [0.5, 0.6) is 0 Å². The van der Waals surface area contributed by atoms with E-state index in [0.717, 1.165) is 22.6 Å². The molecule has 1 saturated heterocycles. The summed E-state index contributed by atoms with van der Waals surface area (Å²) < 4.78 is 33.4. The molecule has 4 rings (SSSR count). The van der Waals surface area contributed by atoms with E-state index in [9.17, 15) is 8.42 Å². The third-order valence-electron chi connectivity index (χ3n) is 5.38. The Hall–Kier alpha value is -2.19. The Balaban J connectivity index is 1.43. The molecule has 3 aromatic rings. The van der Waals surface area contributed by atoms with Gasteiger partial charge in [-0.15, -0.1) is 0 Å². The van der Waals surface area contributed by atoms with Gasteiger partial charge in [-0.3, -0.25) is 4.90 Å². The average Bonchev–Trinajstić information content (AvgIpc) is 3.09. The molecule has 0 atom stereocenters. The summed E-state index contributed by atoms with van der Waals surface area (Å²) in [7, 11) is -3.47. The van der Waals surface area contributed by atoms with Gasteiger partial charge in [0.05, 0.1) is 10.6 Å². The average molecular weight is 446 g/mol. The van der Waals surface area contributed by atoms with Crippen molar-refractivity contribution >= 4 is 21.6 Å². The van der Waals surface area contributed by atoms with E-state index < -0.39 is 10.0 Å². The number of oxazole rings is 1. The monoisotopic (exact) mass is 445 g/mol. The number of aryl methyl sites for hydroxylation is 2. The molecular formula is C22H24ClN3O3S. The molecule has 2 heterocycles. The van der Waals surface area contributed by atoms with Gasteiger partial charge in [0.15, 0.2) is 0 Å². The normalized spacial score (nSPS) is 16.1. The fraction of sp³-hybridized carbons (Fsp3) is 0.318. The largest absolute Gasteiger partial charge is 0.441 e. The third-order valence-corrected chi connectivity index (χ3v) is 7.67. The second-order valence-electron chi connectivity index (χ2n) is 7.48. The van der Waals surface area contributed by atoms with Gasteiger partial charge in [-0.05, 0) is 43.7 Å². The lowest BCUT2D eigenvalue weighted by molar-refractivity contribution is 0.179. The van der Waals surface area contributed by atoms with E-state index >= 15 is 0 Å². The van der Waals surface area contributed by atoms with Crippen molar-refractivity contribution in [3.63, 3.8) is 0 Å². The topological polar surface area (TPSA) is 66.7 Å². The van der Waals surface area contributed by atoms with Crippen LogP contribution in [-0.4, -0.2) is 48.8 Å².